The molecule has 7 nitrogen and oxygen atoms in total. The molecule has 0 bridgehead atoms. The number of hydrogen-bond donors (Lipinski definition) is 1. The molecule has 3 rings (SSSR count). The highest BCUT2D eigenvalue weighted by atomic mass is 16.5. The number of benzene rings is 2. The molecule has 3 aromatic rings. The van der Waals surface area contributed by atoms with Gasteiger partial charge in [0.25, 0.3) is 5.91 Å². The van der Waals surface area contributed by atoms with E-state index in [1.165, 1.54) is 6.39 Å². The van der Waals surface area contributed by atoms with Crippen molar-refractivity contribution in [2.45, 2.75) is 19.4 Å². The maximum atomic E-state index is 12.4. The highest BCUT2D eigenvalue weighted by Gasteiger charge is 2.22. The fourth-order valence-corrected chi connectivity index (χ4v) is 2.40. The lowest BCUT2D eigenvalue weighted by atomic mass is 10.2. The van der Waals surface area contributed by atoms with Crippen LogP contribution in [0, 0.1) is 0 Å². The topological polar surface area (TPSA) is 90.7 Å². The van der Waals surface area contributed by atoms with E-state index in [2.05, 4.69) is 10.3 Å². The van der Waals surface area contributed by atoms with E-state index in [0.29, 0.717) is 34.5 Å². The lowest BCUT2D eigenvalue weighted by Crippen LogP contribution is -2.32. The molecule has 1 unspecified atom stereocenters. The zero-order valence-corrected chi connectivity index (χ0v) is 14.4. The van der Waals surface area contributed by atoms with Gasteiger partial charge in [0.05, 0.1) is 12.7 Å². The smallest absolute Gasteiger partial charge is 0.339 e. The highest BCUT2D eigenvalue weighted by Crippen LogP contribution is 2.18. The van der Waals surface area contributed by atoms with Gasteiger partial charge in [-0.15, -0.1) is 0 Å². The Labute approximate surface area is 149 Å². The zero-order chi connectivity index (χ0) is 18.5. The molecular formula is C19H18N2O5. The zero-order valence-electron chi connectivity index (χ0n) is 14.4. The summed E-state index contributed by atoms with van der Waals surface area (Å²) >= 11 is 0. The molecule has 1 heterocycles. The summed E-state index contributed by atoms with van der Waals surface area (Å²) < 4.78 is 15.6. The molecule has 0 fully saturated rings. The number of nitrogens with zero attached hydrogens (tertiary/aromatic N) is 1. The van der Waals surface area contributed by atoms with E-state index in [9.17, 15) is 9.59 Å². The van der Waals surface area contributed by atoms with E-state index in [1.807, 2.05) is 0 Å². The van der Waals surface area contributed by atoms with Gasteiger partial charge in [0.1, 0.15) is 11.3 Å². The maximum Gasteiger partial charge on any atom is 0.339 e. The van der Waals surface area contributed by atoms with Crippen molar-refractivity contribution in [1.29, 1.82) is 0 Å². The summed E-state index contributed by atoms with van der Waals surface area (Å²) in [6.45, 7) is 1.77. The van der Waals surface area contributed by atoms with Crippen LogP contribution in [0.25, 0.3) is 11.1 Å². The highest BCUT2D eigenvalue weighted by molar-refractivity contribution is 5.98. The number of rotatable bonds is 6. The van der Waals surface area contributed by atoms with E-state index in [1.54, 1.807) is 56.5 Å². The molecule has 0 radical (unpaired) electrons. The molecule has 0 aliphatic rings. The number of hydrogen-bond acceptors (Lipinski definition) is 6. The molecule has 0 saturated heterocycles. The van der Waals surface area contributed by atoms with Crippen molar-refractivity contribution in [1.82, 2.24) is 4.98 Å². The minimum absolute atomic E-state index is 0.296. The van der Waals surface area contributed by atoms with Crippen molar-refractivity contribution in [2.75, 3.05) is 12.4 Å². The summed E-state index contributed by atoms with van der Waals surface area (Å²) in [5.41, 5.74) is 2.01. The fourth-order valence-electron chi connectivity index (χ4n) is 2.40. The minimum atomic E-state index is -0.907. The second-order valence-electron chi connectivity index (χ2n) is 5.55. The third-order valence-electron chi connectivity index (χ3n) is 3.84. The van der Waals surface area contributed by atoms with Crippen LogP contribution in [-0.2, 0) is 9.53 Å². The first-order valence-electron chi connectivity index (χ1n) is 8.10. The van der Waals surface area contributed by atoms with Crippen LogP contribution in [0.3, 0.4) is 0 Å². The van der Waals surface area contributed by atoms with Crippen molar-refractivity contribution in [2.24, 2.45) is 0 Å². The first kappa shape index (κ1) is 17.5. The predicted molar refractivity (Wildman–Crippen MR) is 95.1 cm³/mol. The number of amides is 1. The van der Waals surface area contributed by atoms with Gasteiger partial charge in [-0.3, -0.25) is 4.79 Å². The molecule has 7 heteroatoms. The molecule has 1 atom stereocenters. The number of carbonyl (C=O) groups is 2. The Morgan fingerprint density at radius 3 is 2.65 bits per heavy atom. The largest absolute Gasteiger partial charge is 0.497 e. The van der Waals surface area contributed by atoms with E-state index < -0.39 is 18.0 Å². The third-order valence-corrected chi connectivity index (χ3v) is 3.84. The number of esters is 1. The first-order chi connectivity index (χ1) is 12.6. The van der Waals surface area contributed by atoms with Crippen LogP contribution in [-0.4, -0.2) is 30.1 Å². The van der Waals surface area contributed by atoms with Gasteiger partial charge in [0, 0.05) is 5.69 Å². The maximum absolute atomic E-state index is 12.4. The summed E-state index contributed by atoms with van der Waals surface area (Å²) in [4.78, 5) is 28.7. The van der Waals surface area contributed by atoms with Crippen molar-refractivity contribution in [3.63, 3.8) is 0 Å². The van der Waals surface area contributed by atoms with Gasteiger partial charge in [-0.2, -0.15) is 0 Å². The fraction of sp³-hybridized carbons (Fsp3) is 0.211. The number of aromatic nitrogens is 1. The second-order valence-corrected chi connectivity index (χ2v) is 5.55. The monoisotopic (exact) mass is 354 g/mol. The van der Waals surface area contributed by atoms with Crippen LogP contribution in [0.2, 0.25) is 0 Å². The average molecular weight is 354 g/mol. The Hall–Kier alpha value is -3.35. The normalized spacial score (nSPS) is 11.8. The van der Waals surface area contributed by atoms with E-state index >= 15 is 0 Å². The van der Waals surface area contributed by atoms with Crippen LogP contribution in [0.1, 0.15) is 23.7 Å². The Morgan fingerprint density at radius 2 is 1.96 bits per heavy atom. The number of methoxy groups -OCH3 is 1. The number of anilines is 1. The van der Waals surface area contributed by atoms with Crippen LogP contribution >= 0.6 is 0 Å². The van der Waals surface area contributed by atoms with Crippen molar-refractivity contribution >= 4 is 28.7 Å². The Morgan fingerprint density at radius 1 is 1.19 bits per heavy atom. The van der Waals surface area contributed by atoms with E-state index in [0.717, 1.165) is 0 Å². The second kappa shape index (κ2) is 7.69. The molecule has 134 valence electrons. The standard InChI is InChI=1S/C19H18N2O5/c1-3-16(18(22)21-13-5-7-14(24-2)8-6-13)26-19(23)12-4-9-15-17(10-12)25-11-20-15/h4-11,16H,3H2,1-2H3,(H,21,22). The van der Waals surface area contributed by atoms with Gasteiger partial charge in [0.15, 0.2) is 18.1 Å². The molecule has 0 spiro atoms. The molecule has 1 N–H and O–H groups in total. The molecule has 0 aliphatic carbocycles. The van der Waals surface area contributed by atoms with Crippen molar-refractivity contribution in [3.05, 3.63) is 54.4 Å². The van der Waals surface area contributed by atoms with Crippen LogP contribution in [0.4, 0.5) is 5.69 Å². The van der Waals surface area contributed by atoms with Crippen LogP contribution < -0.4 is 10.1 Å². The Balaban J connectivity index is 1.66. The van der Waals surface area contributed by atoms with E-state index in [-0.39, 0.29) is 0 Å². The average Bonchev–Trinajstić information content (AvgIpc) is 3.14. The molecule has 26 heavy (non-hydrogen) atoms. The first-order valence-corrected chi connectivity index (χ1v) is 8.10. The lowest BCUT2D eigenvalue weighted by Gasteiger charge is -2.16. The lowest BCUT2D eigenvalue weighted by molar-refractivity contribution is -0.124. The number of oxazole rings is 1. The summed E-state index contributed by atoms with van der Waals surface area (Å²) in [5.74, 6) is -0.309. The minimum Gasteiger partial charge on any atom is -0.497 e. The molecular weight excluding hydrogens is 336 g/mol. The summed E-state index contributed by atoms with van der Waals surface area (Å²) in [5, 5.41) is 2.73. The van der Waals surface area contributed by atoms with Gasteiger partial charge in [0.2, 0.25) is 0 Å². The third kappa shape index (κ3) is 3.83. The number of carbonyl (C=O) groups excluding carboxylic acids is 2. The van der Waals surface area contributed by atoms with Gasteiger partial charge in [-0.05, 0) is 48.9 Å². The van der Waals surface area contributed by atoms with Gasteiger partial charge in [-0.25, -0.2) is 9.78 Å². The summed E-state index contributed by atoms with van der Waals surface area (Å²) in [7, 11) is 1.57. The predicted octanol–water partition coefficient (Wildman–Crippen LogP) is 3.41. The van der Waals surface area contributed by atoms with Gasteiger partial charge < -0.3 is 19.2 Å². The molecule has 0 aliphatic heterocycles. The molecule has 0 saturated carbocycles. The van der Waals surface area contributed by atoms with Crippen molar-refractivity contribution in [3.8, 4) is 5.75 Å². The number of nitrogens with one attached hydrogen (secondary N) is 1. The van der Waals surface area contributed by atoms with Crippen molar-refractivity contribution < 1.29 is 23.5 Å². The van der Waals surface area contributed by atoms with E-state index in [4.69, 9.17) is 13.9 Å². The van der Waals surface area contributed by atoms with Gasteiger partial charge >= 0.3 is 5.97 Å². The number of fused-ring (bicyclic) bond motifs is 1. The van der Waals surface area contributed by atoms with Crippen LogP contribution in [0.15, 0.2) is 53.3 Å². The van der Waals surface area contributed by atoms with Crippen LogP contribution in [0.5, 0.6) is 5.75 Å². The summed E-state index contributed by atoms with van der Waals surface area (Å²) in [6.07, 6.45) is 0.741. The SMILES string of the molecule is CCC(OC(=O)c1ccc2ncoc2c1)C(=O)Nc1ccc(OC)cc1. The summed E-state index contributed by atoms with van der Waals surface area (Å²) in [6, 6.07) is 11.7. The quantitative estimate of drug-likeness (QED) is 0.682. The van der Waals surface area contributed by atoms with Gasteiger partial charge in [-0.1, -0.05) is 6.92 Å². The molecule has 1 amide bonds. The molecule has 2 aromatic carbocycles. The molecule has 1 aromatic heterocycles. The Bertz CT molecular complexity index is 917. The number of ether oxygens (including phenoxy) is 2. The Kier molecular flexibility index (Phi) is 5.17.